The van der Waals surface area contributed by atoms with E-state index in [0.717, 1.165) is 0 Å². The van der Waals surface area contributed by atoms with Crippen LogP contribution in [-0.4, -0.2) is 28.7 Å². The maximum atomic E-state index is 11.9. The van der Waals surface area contributed by atoms with E-state index in [0.29, 0.717) is 12.1 Å². The Kier molecular flexibility index (Phi) is 3.52. The molecule has 0 bridgehead atoms. The Bertz CT molecular complexity index is 518. The quantitative estimate of drug-likeness (QED) is 0.462. The molecule has 0 amide bonds. The molecule has 0 spiro atoms. The number of hydrogen-bond donors (Lipinski definition) is 0. The number of benzene rings is 1. The third-order valence-corrected chi connectivity index (χ3v) is 2.63. The van der Waals surface area contributed by atoms with Gasteiger partial charge in [0.05, 0.1) is 11.5 Å². The molecule has 0 aromatic heterocycles. The molecule has 92 valence electrons. The second-order valence-electron chi connectivity index (χ2n) is 3.93. The largest absolute Gasteiger partial charge is 0.366 e. The monoisotopic (exact) mass is 244 g/mol. The molecule has 0 atom stereocenters. The van der Waals surface area contributed by atoms with Gasteiger partial charge in [0.15, 0.2) is 5.78 Å². The van der Waals surface area contributed by atoms with E-state index in [9.17, 15) is 14.9 Å². The lowest BCUT2D eigenvalue weighted by Crippen LogP contribution is -2.26. The van der Waals surface area contributed by atoms with Crippen molar-refractivity contribution in [3.8, 4) is 0 Å². The SMILES string of the molecule is O=C(CN1C=CC=CC1)c1ccc([N+](=O)[O-])cc1. The minimum atomic E-state index is -0.480. The lowest BCUT2D eigenvalue weighted by Gasteiger charge is -2.19. The van der Waals surface area contributed by atoms with Crippen LogP contribution in [0.2, 0.25) is 0 Å². The summed E-state index contributed by atoms with van der Waals surface area (Å²) < 4.78 is 0. The van der Waals surface area contributed by atoms with E-state index < -0.39 is 4.92 Å². The first-order chi connectivity index (χ1) is 8.66. The van der Waals surface area contributed by atoms with Crippen molar-refractivity contribution in [1.82, 2.24) is 4.90 Å². The summed E-state index contributed by atoms with van der Waals surface area (Å²) in [7, 11) is 0. The number of carbonyl (C=O) groups is 1. The number of ketones is 1. The van der Waals surface area contributed by atoms with Crippen molar-refractivity contribution in [1.29, 1.82) is 0 Å². The minimum Gasteiger partial charge on any atom is -0.366 e. The summed E-state index contributed by atoms with van der Waals surface area (Å²) in [5, 5.41) is 10.5. The summed E-state index contributed by atoms with van der Waals surface area (Å²) in [6.45, 7) is 0.980. The van der Waals surface area contributed by atoms with E-state index in [-0.39, 0.29) is 18.0 Å². The minimum absolute atomic E-state index is 0.00708. The van der Waals surface area contributed by atoms with Gasteiger partial charge in [0.2, 0.25) is 0 Å². The molecule has 1 aromatic rings. The van der Waals surface area contributed by atoms with Crippen LogP contribution in [0.3, 0.4) is 0 Å². The molecule has 0 unspecified atom stereocenters. The molecule has 5 heteroatoms. The van der Waals surface area contributed by atoms with Crippen molar-refractivity contribution in [2.45, 2.75) is 0 Å². The van der Waals surface area contributed by atoms with Crippen LogP contribution in [0.25, 0.3) is 0 Å². The number of hydrogen-bond acceptors (Lipinski definition) is 4. The third kappa shape index (κ3) is 2.82. The second kappa shape index (κ2) is 5.27. The Morgan fingerprint density at radius 3 is 2.56 bits per heavy atom. The van der Waals surface area contributed by atoms with E-state index in [4.69, 9.17) is 0 Å². The lowest BCUT2D eigenvalue weighted by molar-refractivity contribution is -0.384. The van der Waals surface area contributed by atoms with Crippen LogP contribution in [0.5, 0.6) is 0 Å². The number of nitro groups is 1. The molecule has 0 saturated heterocycles. The van der Waals surface area contributed by atoms with Crippen LogP contribution in [0.1, 0.15) is 10.4 Å². The van der Waals surface area contributed by atoms with E-state index in [1.54, 1.807) is 0 Å². The van der Waals surface area contributed by atoms with Crippen LogP contribution < -0.4 is 0 Å². The molecule has 1 aromatic carbocycles. The van der Waals surface area contributed by atoms with Gasteiger partial charge < -0.3 is 4.90 Å². The van der Waals surface area contributed by atoms with Gasteiger partial charge in [0.25, 0.3) is 5.69 Å². The maximum Gasteiger partial charge on any atom is 0.269 e. The summed E-state index contributed by atoms with van der Waals surface area (Å²) in [6, 6.07) is 5.67. The Hall–Kier alpha value is -2.43. The van der Waals surface area contributed by atoms with Crippen LogP contribution >= 0.6 is 0 Å². The Morgan fingerprint density at radius 1 is 1.28 bits per heavy atom. The van der Waals surface area contributed by atoms with Gasteiger partial charge in [0.1, 0.15) is 0 Å². The van der Waals surface area contributed by atoms with Gasteiger partial charge in [-0.15, -0.1) is 0 Å². The van der Waals surface area contributed by atoms with Crippen molar-refractivity contribution in [2.75, 3.05) is 13.1 Å². The van der Waals surface area contributed by atoms with Crippen molar-refractivity contribution >= 4 is 11.5 Å². The summed E-state index contributed by atoms with van der Waals surface area (Å²) in [5.41, 5.74) is 0.482. The van der Waals surface area contributed by atoms with Crippen molar-refractivity contribution in [3.63, 3.8) is 0 Å². The van der Waals surface area contributed by atoms with Crippen LogP contribution in [0.15, 0.2) is 48.7 Å². The molecule has 0 fully saturated rings. The van der Waals surface area contributed by atoms with Crippen LogP contribution in [-0.2, 0) is 0 Å². The lowest BCUT2D eigenvalue weighted by atomic mass is 10.1. The topological polar surface area (TPSA) is 63.5 Å². The normalized spacial score (nSPS) is 13.7. The molecule has 0 N–H and O–H groups in total. The molecular formula is C13H12N2O3. The number of nitrogens with zero attached hydrogens (tertiary/aromatic N) is 2. The molecule has 18 heavy (non-hydrogen) atoms. The number of non-ortho nitro benzene ring substituents is 1. The molecule has 0 aliphatic carbocycles. The molecule has 2 rings (SSSR count). The van der Waals surface area contributed by atoms with E-state index in [1.807, 2.05) is 29.3 Å². The van der Waals surface area contributed by atoms with Crippen LogP contribution in [0.4, 0.5) is 5.69 Å². The fraction of sp³-hybridized carbons (Fsp3) is 0.154. The first-order valence-corrected chi connectivity index (χ1v) is 5.52. The van der Waals surface area contributed by atoms with Crippen molar-refractivity contribution in [2.24, 2.45) is 0 Å². The highest BCUT2D eigenvalue weighted by Gasteiger charge is 2.12. The van der Waals surface area contributed by atoms with Crippen molar-refractivity contribution in [3.05, 3.63) is 64.4 Å². The highest BCUT2D eigenvalue weighted by Crippen LogP contribution is 2.13. The van der Waals surface area contributed by atoms with Gasteiger partial charge in [-0.05, 0) is 24.4 Å². The van der Waals surface area contributed by atoms with Gasteiger partial charge in [-0.3, -0.25) is 14.9 Å². The number of Topliss-reactive ketones (excluding diaryl/α,β-unsaturated/α-hetero) is 1. The Balaban J connectivity index is 2.02. The van der Waals surface area contributed by atoms with Crippen LogP contribution in [0, 0.1) is 10.1 Å². The zero-order chi connectivity index (χ0) is 13.0. The molecule has 5 nitrogen and oxygen atoms in total. The van der Waals surface area contributed by atoms with E-state index in [1.165, 1.54) is 24.3 Å². The predicted octanol–water partition coefficient (Wildman–Crippen LogP) is 2.16. The highest BCUT2D eigenvalue weighted by molar-refractivity contribution is 5.97. The molecule has 1 aliphatic rings. The fourth-order valence-corrected chi connectivity index (χ4v) is 1.67. The Morgan fingerprint density at radius 2 is 2.00 bits per heavy atom. The van der Waals surface area contributed by atoms with E-state index in [2.05, 4.69) is 0 Å². The maximum absolute atomic E-state index is 11.9. The number of rotatable bonds is 4. The molecule has 1 heterocycles. The second-order valence-corrected chi connectivity index (χ2v) is 3.93. The molecular weight excluding hydrogens is 232 g/mol. The zero-order valence-electron chi connectivity index (χ0n) is 9.65. The fourth-order valence-electron chi connectivity index (χ4n) is 1.67. The summed E-state index contributed by atoms with van der Waals surface area (Å²) >= 11 is 0. The average molecular weight is 244 g/mol. The molecule has 0 saturated carbocycles. The summed E-state index contributed by atoms with van der Waals surface area (Å²) in [5.74, 6) is -0.0511. The first kappa shape index (κ1) is 12.0. The first-order valence-electron chi connectivity index (χ1n) is 5.52. The number of allylic oxidation sites excluding steroid dienone is 2. The molecule has 0 radical (unpaired) electrons. The number of nitro benzene ring substituents is 1. The van der Waals surface area contributed by atoms with E-state index >= 15 is 0 Å². The smallest absolute Gasteiger partial charge is 0.269 e. The number of carbonyl (C=O) groups excluding carboxylic acids is 1. The predicted molar refractivity (Wildman–Crippen MR) is 67.3 cm³/mol. The standard InChI is InChI=1S/C13H12N2O3/c16-13(10-14-8-2-1-3-9-14)11-4-6-12(7-5-11)15(17)18/h1-8H,9-10H2. The summed E-state index contributed by atoms with van der Waals surface area (Å²) in [4.78, 5) is 23.8. The Labute approximate surface area is 104 Å². The third-order valence-electron chi connectivity index (χ3n) is 2.63. The van der Waals surface area contributed by atoms with Gasteiger partial charge in [0, 0.05) is 24.2 Å². The van der Waals surface area contributed by atoms with Gasteiger partial charge >= 0.3 is 0 Å². The zero-order valence-corrected chi connectivity index (χ0v) is 9.65. The summed E-state index contributed by atoms with van der Waals surface area (Å²) in [6.07, 6.45) is 7.60. The molecule has 1 aliphatic heterocycles. The van der Waals surface area contributed by atoms with Gasteiger partial charge in [-0.2, -0.15) is 0 Å². The average Bonchev–Trinajstić information content (AvgIpc) is 2.40. The van der Waals surface area contributed by atoms with Crippen molar-refractivity contribution < 1.29 is 9.72 Å². The van der Waals surface area contributed by atoms with Gasteiger partial charge in [-0.1, -0.05) is 12.2 Å². The van der Waals surface area contributed by atoms with Gasteiger partial charge in [-0.25, -0.2) is 0 Å². The highest BCUT2D eigenvalue weighted by atomic mass is 16.6.